The van der Waals surface area contributed by atoms with E-state index in [0.29, 0.717) is 24.5 Å². The number of ether oxygens (including phenoxy) is 1. The summed E-state index contributed by atoms with van der Waals surface area (Å²) in [5.41, 5.74) is 2.52. The van der Waals surface area contributed by atoms with Gasteiger partial charge in [0.15, 0.2) is 17.4 Å². The van der Waals surface area contributed by atoms with Crippen LogP contribution in [0.2, 0.25) is 0 Å². The number of fused-ring (bicyclic) bond motifs is 1. The Labute approximate surface area is 225 Å². The number of aliphatic hydroxyl groups excluding tert-OH is 1. The van der Waals surface area contributed by atoms with Gasteiger partial charge in [-0.25, -0.2) is 14.0 Å². The number of aromatic amines is 1. The molecule has 1 aliphatic heterocycles. The van der Waals surface area contributed by atoms with E-state index in [1.54, 1.807) is 29.6 Å². The summed E-state index contributed by atoms with van der Waals surface area (Å²) < 4.78 is 22.3. The summed E-state index contributed by atoms with van der Waals surface area (Å²) in [5, 5.41) is 38.9. The van der Waals surface area contributed by atoms with Gasteiger partial charge in [-0.2, -0.15) is 4.68 Å². The van der Waals surface area contributed by atoms with E-state index in [4.69, 9.17) is 10.1 Å². The number of nitrogens with one attached hydrogen (secondary N) is 4. The van der Waals surface area contributed by atoms with Gasteiger partial charge in [0.05, 0.1) is 12.3 Å². The number of nitrogens with zero attached hydrogens (tertiary/aromatic N) is 2. The molecule has 0 radical (unpaired) electrons. The molecule has 0 saturated heterocycles. The first-order chi connectivity index (χ1) is 18.8. The average molecular weight is 553 g/mol. The first-order valence-electron chi connectivity index (χ1n) is 12.1. The van der Waals surface area contributed by atoms with E-state index in [1.165, 1.54) is 6.07 Å². The Morgan fingerprint density at radius 2 is 2.15 bits per heavy atom. The highest BCUT2D eigenvalue weighted by Crippen LogP contribution is 2.33. The van der Waals surface area contributed by atoms with Crippen LogP contribution in [0.3, 0.4) is 0 Å². The van der Waals surface area contributed by atoms with Crippen molar-refractivity contribution in [3.63, 3.8) is 0 Å². The van der Waals surface area contributed by atoms with E-state index in [1.807, 2.05) is 13.0 Å². The Morgan fingerprint density at radius 1 is 1.33 bits per heavy atom. The number of aromatic carboxylic acids is 1. The molecule has 0 amide bonds. The molecule has 1 unspecified atom stereocenters. The van der Waals surface area contributed by atoms with Crippen molar-refractivity contribution < 1.29 is 24.1 Å². The Bertz CT molecular complexity index is 1630. The minimum absolute atomic E-state index is 0.0502. The van der Waals surface area contributed by atoms with E-state index in [-0.39, 0.29) is 40.9 Å². The van der Waals surface area contributed by atoms with Gasteiger partial charge in [-0.3, -0.25) is 10.4 Å². The fraction of sp³-hybridized carbons (Fsp3) is 0.231. The molecule has 2 aromatic carbocycles. The number of benzene rings is 2. The van der Waals surface area contributed by atoms with Crippen LogP contribution >= 0.6 is 11.3 Å². The molecular weight excluding hydrogens is 527 g/mol. The van der Waals surface area contributed by atoms with Crippen molar-refractivity contribution in [2.75, 3.05) is 18.5 Å². The van der Waals surface area contributed by atoms with Crippen LogP contribution in [0, 0.1) is 11.2 Å². The third kappa shape index (κ3) is 5.01. The Balaban J connectivity index is 1.64. The molecule has 13 heteroatoms. The van der Waals surface area contributed by atoms with E-state index in [0.717, 1.165) is 32.7 Å². The summed E-state index contributed by atoms with van der Waals surface area (Å²) in [6.07, 6.45) is 0.559. The number of anilines is 1. The molecule has 1 aliphatic rings. The standard InChI is InChI=1S/C26H25FN6O5S/c1-2-13-9-17(20(27)19(10-13)38-7-6-34)21(30-15-3-4-16-14(11-15)12-29-23(16)28)24-31-26(37)33(32-24)18-5-8-39-22(18)25(35)36/h3-5,8-11,21,30,34H,2,6-7,12H2,1H3,(H2,28,29)(H,35,36)(H,31,32,37). The molecule has 6 N–H and O–H groups in total. The van der Waals surface area contributed by atoms with Gasteiger partial charge in [-0.15, -0.1) is 16.4 Å². The second-order valence-electron chi connectivity index (χ2n) is 8.77. The van der Waals surface area contributed by atoms with Crippen molar-refractivity contribution in [3.05, 3.63) is 91.0 Å². The van der Waals surface area contributed by atoms with Crippen LogP contribution in [-0.2, 0) is 13.0 Å². The number of halogens is 1. The van der Waals surface area contributed by atoms with Crippen molar-refractivity contribution in [1.29, 1.82) is 5.41 Å². The predicted molar refractivity (Wildman–Crippen MR) is 143 cm³/mol. The molecule has 3 heterocycles. The maximum atomic E-state index is 15.9. The highest BCUT2D eigenvalue weighted by atomic mass is 32.1. The van der Waals surface area contributed by atoms with Crippen molar-refractivity contribution in [1.82, 2.24) is 20.1 Å². The van der Waals surface area contributed by atoms with Crippen LogP contribution in [0.15, 0.2) is 46.6 Å². The minimum Gasteiger partial charge on any atom is -0.488 e. The predicted octanol–water partition coefficient (Wildman–Crippen LogP) is 3.02. The largest absolute Gasteiger partial charge is 0.488 e. The molecule has 39 heavy (non-hydrogen) atoms. The van der Waals surface area contributed by atoms with Gasteiger partial charge in [0.1, 0.15) is 23.4 Å². The maximum absolute atomic E-state index is 15.9. The minimum atomic E-state index is -1.20. The topological polar surface area (TPSA) is 165 Å². The molecule has 0 spiro atoms. The molecular formula is C26H25FN6O5S. The number of carboxylic acid groups (broad SMARTS) is 1. The Kier molecular flexibility index (Phi) is 7.17. The third-order valence-corrected chi connectivity index (χ3v) is 7.20. The number of aliphatic hydroxyl groups is 1. The van der Waals surface area contributed by atoms with Gasteiger partial charge in [0, 0.05) is 23.4 Å². The van der Waals surface area contributed by atoms with Crippen molar-refractivity contribution >= 4 is 28.8 Å². The zero-order valence-electron chi connectivity index (χ0n) is 20.7. The van der Waals surface area contributed by atoms with Crippen LogP contribution in [0.25, 0.3) is 5.69 Å². The van der Waals surface area contributed by atoms with Crippen LogP contribution in [0.5, 0.6) is 5.75 Å². The van der Waals surface area contributed by atoms with Crippen molar-refractivity contribution in [2.24, 2.45) is 0 Å². The van der Waals surface area contributed by atoms with Gasteiger partial charge in [-0.05, 0) is 53.3 Å². The summed E-state index contributed by atoms with van der Waals surface area (Å²) >= 11 is 0.957. The van der Waals surface area contributed by atoms with Gasteiger partial charge in [-0.1, -0.05) is 13.0 Å². The number of thiophene rings is 1. The zero-order chi connectivity index (χ0) is 27.7. The fourth-order valence-electron chi connectivity index (χ4n) is 4.43. The average Bonchev–Trinajstić information content (AvgIpc) is 3.65. The number of amidine groups is 1. The molecule has 1 atom stereocenters. The molecule has 11 nitrogen and oxygen atoms in total. The lowest BCUT2D eigenvalue weighted by Gasteiger charge is -2.21. The highest BCUT2D eigenvalue weighted by Gasteiger charge is 2.28. The number of hydrogen-bond donors (Lipinski definition) is 6. The normalized spacial score (nSPS) is 13.2. The van der Waals surface area contributed by atoms with Gasteiger partial charge in [0.25, 0.3) is 0 Å². The zero-order valence-corrected chi connectivity index (χ0v) is 21.6. The Morgan fingerprint density at radius 3 is 2.90 bits per heavy atom. The summed E-state index contributed by atoms with van der Waals surface area (Å²) in [7, 11) is 0. The second-order valence-corrected chi connectivity index (χ2v) is 9.68. The van der Waals surface area contributed by atoms with Gasteiger partial charge in [0.2, 0.25) is 0 Å². The van der Waals surface area contributed by atoms with Gasteiger partial charge < -0.3 is 25.6 Å². The summed E-state index contributed by atoms with van der Waals surface area (Å²) in [6.45, 7) is 1.97. The van der Waals surface area contributed by atoms with Crippen LogP contribution in [0.1, 0.15) is 50.7 Å². The molecule has 0 fully saturated rings. The number of aryl methyl sites for hydroxylation is 1. The van der Waals surface area contributed by atoms with Crippen LogP contribution < -0.4 is 21.1 Å². The molecule has 2 aromatic heterocycles. The number of hydrogen-bond acceptors (Lipinski definition) is 8. The van der Waals surface area contributed by atoms with E-state index in [2.05, 4.69) is 20.7 Å². The van der Waals surface area contributed by atoms with Crippen molar-refractivity contribution in [2.45, 2.75) is 25.9 Å². The summed E-state index contributed by atoms with van der Waals surface area (Å²) in [6, 6.07) is 9.02. The SMILES string of the molecule is CCc1cc(OCCO)c(F)c(C(Nc2ccc3c(c2)CNC3=N)c2nn(-c3ccsc3C(=O)O)c(=O)[nH]2)c1. The van der Waals surface area contributed by atoms with E-state index >= 15 is 4.39 Å². The highest BCUT2D eigenvalue weighted by molar-refractivity contribution is 7.12. The van der Waals surface area contributed by atoms with E-state index < -0.39 is 23.5 Å². The monoisotopic (exact) mass is 552 g/mol. The smallest absolute Gasteiger partial charge is 0.348 e. The maximum Gasteiger partial charge on any atom is 0.348 e. The lowest BCUT2D eigenvalue weighted by Crippen LogP contribution is -2.18. The van der Waals surface area contributed by atoms with Crippen LogP contribution in [-0.4, -0.2) is 50.0 Å². The molecule has 0 saturated carbocycles. The van der Waals surface area contributed by atoms with Crippen molar-refractivity contribution in [3.8, 4) is 11.4 Å². The summed E-state index contributed by atoms with van der Waals surface area (Å²) in [4.78, 5) is 27.2. The molecule has 202 valence electrons. The molecule has 0 bridgehead atoms. The number of H-pyrrole nitrogens is 1. The summed E-state index contributed by atoms with van der Waals surface area (Å²) in [5.74, 6) is -1.58. The Hall–Kier alpha value is -4.49. The first-order valence-corrected chi connectivity index (χ1v) is 13.0. The third-order valence-electron chi connectivity index (χ3n) is 6.31. The molecule has 4 aromatic rings. The van der Waals surface area contributed by atoms with E-state index in [9.17, 15) is 19.8 Å². The van der Waals surface area contributed by atoms with Gasteiger partial charge >= 0.3 is 11.7 Å². The number of carbonyl (C=O) groups is 1. The molecule has 5 rings (SSSR count). The second kappa shape index (κ2) is 10.7. The lowest BCUT2D eigenvalue weighted by molar-refractivity contribution is 0.0702. The quantitative estimate of drug-likeness (QED) is 0.175. The van der Waals surface area contributed by atoms with Crippen LogP contribution in [0.4, 0.5) is 10.1 Å². The fourth-order valence-corrected chi connectivity index (χ4v) is 5.14. The first kappa shape index (κ1) is 26.1. The number of carboxylic acids is 1. The number of rotatable bonds is 10. The number of aromatic nitrogens is 3. The molecule has 0 aliphatic carbocycles. The lowest BCUT2D eigenvalue weighted by atomic mass is 9.99.